The first-order valence-electron chi connectivity index (χ1n) is 12.4. The lowest BCUT2D eigenvalue weighted by atomic mass is 10.00. The van der Waals surface area contributed by atoms with Crippen LogP contribution in [0.4, 0.5) is 4.79 Å². The van der Waals surface area contributed by atoms with Gasteiger partial charge in [-0.25, -0.2) is 4.79 Å². The van der Waals surface area contributed by atoms with Crippen molar-refractivity contribution in [3.63, 3.8) is 0 Å². The molecule has 0 spiro atoms. The zero-order chi connectivity index (χ0) is 28.0. The molecule has 3 N–H and O–H groups in total. The number of nitrogens with zero attached hydrogens (tertiary/aromatic N) is 1. The van der Waals surface area contributed by atoms with E-state index in [-0.39, 0.29) is 13.1 Å². The van der Waals surface area contributed by atoms with Crippen LogP contribution in [0, 0.1) is 0 Å². The Hall–Kier alpha value is -3.40. The largest absolute Gasteiger partial charge is 0.468 e. The van der Waals surface area contributed by atoms with Gasteiger partial charge in [0.05, 0.1) is 13.7 Å². The highest BCUT2D eigenvalue weighted by Crippen LogP contribution is 2.25. The Kier molecular flexibility index (Phi) is 13.4. The van der Waals surface area contributed by atoms with Crippen molar-refractivity contribution in [3.05, 3.63) is 42.0 Å². The summed E-state index contributed by atoms with van der Waals surface area (Å²) in [5.74, 6) is -1.91. The third kappa shape index (κ3) is 11.0. The lowest BCUT2D eigenvalue weighted by Crippen LogP contribution is -2.54. The zero-order valence-electron chi connectivity index (χ0n) is 22.5. The first kappa shape index (κ1) is 31.6. The van der Waals surface area contributed by atoms with Crippen molar-refractivity contribution in [3.8, 4) is 0 Å². The van der Waals surface area contributed by atoms with Gasteiger partial charge in [-0.15, -0.1) is 0 Å². The maximum absolute atomic E-state index is 13.7. The van der Waals surface area contributed by atoms with Gasteiger partial charge in [0.15, 0.2) is 0 Å². The van der Waals surface area contributed by atoms with E-state index in [2.05, 4.69) is 28.9 Å². The molecule has 3 amide bonds. The number of hydrogen-bond acceptors (Lipinski definition) is 7. The molecule has 0 bridgehead atoms. The number of aliphatic hydroxyl groups is 1. The number of carbonyl (C=O) groups is 4. The van der Waals surface area contributed by atoms with Gasteiger partial charge in [0.1, 0.15) is 24.2 Å². The topological polar surface area (TPSA) is 134 Å². The standard InChI is InChI=1S/C27H41N3O7/c1-7-9-10-11-15-30(25(34)21(18-31)29-26(35)37-27(3,4)5)23(24(33)28-17-22(32)36-6)20-14-12-13-19(8-2)16-20/h8,12-14,16,21,23,31H,2,7,9-11,15,17-18H2,1,3-6H3,(H,28,33)(H,29,35). The average molecular weight is 520 g/mol. The highest BCUT2D eigenvalue weighted by atomic mass is 16.6. The van der Waals surface area contributed by atoms with Gasteiger partial charge >= 0.3 is 12.1 Å². The van der Waals surface area contributed by atoms with Gasteiger partial charge in [-0.3, -0.25) is 14.4 Å². The minimum atomic E-state index is -1.35. The number of ether oxygens (including phenoxy) is 2. The minimum absolute atomic E-state index is 0.181. The van der Waals surface area contributed by atoms with Crippen molar-refractivity contribution in [2.75, 3.05) is 26.8 Å². The molecule has 206 valence electrons. The molecule has 0 aliphatic rings. The second-order valence-electron chi connectivity index (χ2n) is 9.54. The highest BCUT2D eigenvalue weighted by Gasteiger charge is 2.36. The van der Waals surface area contributed by atoms with Crippen LogP contribution in [0.1, 0.15) is 70.5 Å². The van der Waals surface area contributed by atoms with Gasteiger partial charge in [0.25, 0.3) is 0 Å². The van der Waals surface area contributed by atoms with Crippen LogP contribution in [0.25, 0.3) is 6.08 Å². The number of aliphatic hydroxyl groups excluding tert-OH is 1. The van der Waals surface area contributed by atoms with Crippen molar-refractivity contribution >= 4 is 30.0 Å². The summed E-state index contributed by atoms with van der Waals surface area (Å²) in [6.07, 6.45) is 4.05. The van der Waals surface area contributed by atoms with Crippen molar-refractivity contribution < 1.29 is 33.8 Å². The fraction of sp³-hybridized carbons (Fsp3) is 0.556. The number of esters is 1. The predicted octanol–water partition coefficient (Wildman–Crippen LogP) is 2.95. The Bertz CT molecular complexity index is 927. The van der Waals surface area contributed by atoms with E-state index in [4.69, 9.17) is 4.74 Å². The highest BCUT2D eigenvalue weighted by molar-refractivity contribution is 5.93. The number of hydrogen-bond donors (Lipinski definition) is 3. The third-order valence-electron chi connectivity index (χ3n) is 5.36. The monoisotopic (exact) mass is 519 g/mol. The summed E-state index contributed by atoms with van der Waals surface area (Å²) in [5, 5.41) is 14.9. The lowest BCUT2D eigenvalue weighted by Gasteiger charge is -2.34. The fourth-order valence-electron chi connectivity index (χ4n) is 3.57. The molecule has 0 saturated carbocycles. The zero-order valence-corrected chi connectivity index (χ0v) is 22.5. The van der Waals surface area contributed by atoms with Crippen LogP contribution >= 0.6 is 0 Å². The molecule has 2 atom stereocenters. The number of benzene rings is 1. The van der Waals surface area contributed by atoms with Gasteiger partial charge < -0.3 is 30.1 Å². The van der Waals surface area contributed by atoms with Crippen LogP contribution in [0.15, 0.2) is 30.8 Å². The summed E-state index contributed by atoms with van der Waals surface area (Å²) in [6, 6.07) is 4.45. The number of nitrogens with one attached hydrogen (secondary N) is 2. The van der Waals surface area contributed by atoms with Gasteiger partial charge in [0, 0.05) is 6.54 Å². The maximum Gasteiger partial charge on any atom is 0.408 e. The Labute approximate surface area is 219 Å². The first-order chi connectivity index (χ1) is 17.5. The van der Waals surface area contributed by atoms with E-state index in [1.54, 1.807) is 51.1 Å². The quantitative estimate of drug-likeness (QED) is 0.254. The molecule has 0 heterocycles. The molecule has 2 unspecified atom stereocenters. The van der Waals surface area contributed by atoms with E-state index >= 15 is 0 Å². The predicted molar refractivity (Wildman–Crippen MR) is 140 cm³/mol. The molecule has 0 fully saturated rings. The molecule has 0 radical (unpaired) electrons. The molecule has 37 heavy (non-hydrogen) atoms. The smallest absolute Gasteiger partial charge is 0.408 e. The van der Waals surface area contributed by atoms with Crippen LogP contribution in [0.5, 0.6) is 0 Å². The molecule has 0 saturated heterocycles. The minimum Gasteiger partial charge on any atom is -0.468 e. The SMILES string of the molecule is C=Cc1cccc(C(C(=O)NCC(=O)OC)N(CCCCCC)C(=O)C(CO)NC(=O)OC(C)(C)C)c1. The second kappa shape index (κ2) is 15.7. The average Bonchev–Trinajstić information content (AvgIpc) is 2.85. The van der Waals surface area contributed by atoms with Crippen LogP contribution < -0.4 is 10.6 Å². The summed E-state index contributed by atoms with van der Waals surface area (Å²) in [6.45, 7) is 9.94. The number of rotatable bonds is 14. The Morgan fingerprint density at radius 2 is 1.86 bits per heavy atom. The van der Waals surface area contributed by atoms with Crippen LogP contribution in [0.2, 0.25) is 0 Å². The number of alkyl carbamates (subject to hydrolysis) is 1. The van der Waals surface area contributed by atoms with Crippen molar-refractivity contribution in [2.45, 2.75) is 71.1 Å². The van der Waals surface area contributed by atoms with E-state index < -0.39 is 48.2 Å². The summed E-state index contributed by atoms with van der Waals surface area (Å²) in [4.78, 5) is 52.5. The normalized spacial score (nSPS) is 12.6. The Morgan fingerprint density at radius 1 is 1.16 bits per heavy atom. The summed E-state index contributed by atoms with van der Waals surface area (Å²) < 4.78 is 9.86. The molecule has 0 aliphatic heterocycles. The molecule has 10 nitrogen and oxygen atoms in total. The molecule has 0 aromatic heterocycles. The first-order valence-corrected chi connectivity index (χ1v) is 12.4. The van der Waals surface area contributed by atoms with E-state index in [1.165, 1.54) is 12.0 Å². The van der Waals surface area contributed by atoms with Crippen LogP contribution in [-0.2, 0) is 23.9 Å². The molecule has 1 rings (SSSR count). The number of amides is 3. The Morgan fingerprint density at radius 3 is 2.43 bits per heavy atom. The van der Waals surface area contributed by atoms with Gasteiger partial charge in [-0.1, -0.05) is 57.0 Å². The number of methoxy groups -OCH3 is 1. The van der Waals surface area contributed by atoms with E-state index in [1.807, 2.05) is 0 Å². The van der Waals surface area contributed by atoms with Crippen LogP contribution in [0.3, 0.4) is 0 Å². The second-order valence-corrected chi connectivity index (χ2v) is 9.54. The summed E-state index contributed by atoms with van der Waals surface area (Å²) in [7, 11) is 1.21. The molecule has 10 heteroatoms. The van der Waals surface area contributed by atoms with Crippen molar-refractivity contribution in [2.24, 2.45) is 0 Å². The molecular formula is C27H41N3O7. The molecule has 0 aliphatic carbocycles. The van der Waals surface area contributed by atoms with E-state index in [0.717, 1.165) is 24.8 Å². The van der Waals surface area contributed by atoms with Gasteiger partial charge in [-0.2, -0.15) is 0 Å². The Balaban J connectivity index is 3.43. The summed E-state index contributed by atoms with van der Waals surface area (Å²) in [5.41, 5.74) is 0.402. The van der Waals surface area contributed by atoms with Gasteiger partial charge in [0.2, 0.25) is 11.8 Å². The number of carbonyl (C=O) groups excluding carboxylic acids is 4. The van der Waals surface area contributed by atoms with E-state index in [9.17, 15) is 24.3 Å². The fourth-order valence-corrected chi connectivity index (χ4v) is 3.57. The molecule has 1 aromatic carbocycles. The summed E-state index contributed by atoms with van der Waals surface area (Å²) >= 11 is 0. The maximum atomic E-state index is 13.7. The third-order valence-corrected chi connectivity index (χ3v) is 5.36. The molecular weight excluding hydrogens is 478 g/mol. The molecule has 1 aromatic rings. The lowest BCUT2D eigenvalue weighted by molar-refractivity contribution is -0.145. The van der Waals surface area contributed by atoms with E-state index in [0.29, 0.717) is 12.0 Å². The van der Waals surface area contributed by atoms with Gasteiger partial charge in [-0.05, 0) is 44.4 Å². The van der Waals surface area contributed by atoms with Crippen LogP contribution in [-0.4, -0.2) is 72.3 Å². The number of unbranched alkanes of at least 4 members (excludes halogenated alkanes) is 3. The van der Waals surface area contributed by atoms with Crippen molar-refractivity contribution in [1.82, 2.24) is 15.5 Å². The van der Waals surface area contributed by atoms with Crippen molar-refractivity contribution in [1.29, 1.82) is 0 Å².